The third-order valence-corrected chi connectivity index (χ3v) is 3.34. The Hall–Kier alpha value is -2.85. The van der Waals surface area contributed by atoms with Crippen LogP contribution in [0.2, 0.25) is 0 Å². The molecule has 2 unspecified atom stereocenters. The molecule has 1 aromatic heterocycles. The van der Waals surface area contributed by atoms with Gasteiger partial charge in [0.2, 0.25) is 0 Å². The van der Waals surface area contributed by atoms with E-state index < -0.39 is 0 Å². The molecule has 4 heteroatoms. The Morgan fingerprint density at radius 3 is 2.79 bits per heavy atom. The lowest BCUT2D eigenvalue weighted by atomic mass is 9.92. The first kappa shape index (κ1) is 11.3. The summed E-state index contributed by atoms with van der Waals surface area (Å²) in [7, 11) is 0. The monoisotopic (exact) mass is 246 g/mol. The highest BCUT2D eigenvalue weighted by Gasteiger charge is 2.33. The lowest BCUT2D eigenvalue weighted by Gasteiger charge is -2.14. The average molecular weight is 246 g/mol. The van der Waals surface area contributed by atoms with Crippen LogP contribution in [-0.2, 0) is 0 Å². The number of anilines is 1. The fraction of sp³-hybridized carbons (Fsp3) is 0.133. The van der Waals surface area contributed by atoms with Gasteiger partial charge in [-0.15, -0.1) is 0 Å². The molecular formula is C15H10N4. The van der Waals surface area contributed by atoms with Crippen LogP contribution < -0.4 is 5.32 Å². The van der Waals surface area contributed by atoms with E-state index in [2.05, 4.69) is 22.4 Å². The molecule has 0 saturated heterocycles. The minimum absolute atomic E-state index is 0.109. The van der Waals surface area contributed by atoms with Crippen molar-refractivity contribution in [2.45, 2.75) is 12.0 Å². The lowest BCUT2D eigenvalue weighted by molar-refractivity contribution is 0.741. The highest BCUT2D eigenvalue weighted by molar-refractivity contribution is 5.64. The van der Waals surface area contributed by atoms with Crippen LogP contribution in [0.4, 0.5) is 5.69 Å². The number of benzene rings is 1. The molecule has 1 aliphatic heterocycles. The van der Waals surface area contributed by atoms with E-state index in [-0.39, 0.29) is 12.0 Å². The van der Waals surface area contributed by atoms with Gasteiger partial charge in [-0.1, -0.05) is 6.07 Å². The van der Waals surface area contributed by atoms with E-state index in [9.17, 15) is 5.26 Å². The van der Waals surface area contributed by atoms with Crippen molar-refractivity contribution >= 4 is 5.69 Å². The average Bonchev–Trinajstić information content (AvgIpc) is 2.85. The fourth-order valence-electron chi connectivity index (χ4n) is 2.43. The van der Waals surface area contributed by atoms with Crippen LogP contribution in [0.3, 0.4) is 0 Å². The van der Waals surface area contributed by atoms with Gasteiger partial charge in [-0.25, -0.2) is 0 Å². The number of aromatic nitrogens is 1. The molecule has 0 amide bonds. The van der Waals surface area contributed by atoms with Crippen molar-refractivity contribution in [3.05, 3.63) is 59.4 Å². The molecule has 1 N–H and O–H groups in total. The molecule has 0 radical (unpaired) electrons. The molecule has 2 aromatic rings. The van der Waals surface area contributed by atoms with E-state index in [0.29, 0.717) is 5.56 Å². The van der Waals surface area contributed by atoms with Crippen LogP contribution in [0.5, 0.6) is 0 Å². The number of pyridine rings is 1. The zero-order valence-corrected chi connectivity index (χ0v) is 10.0. The fourth-order valence-corrected chi connectivity index (χ4v) is 2.43. The third-order valence-electron chi connectivity index (χ3n) is 3.34. The zero-order valence-electron chi connectivity index (χ0n) is 10.0. The second kappa shape index (κ2) is 4.44. The van der Waals surface area contributed by atoms with Gasteiger partial charge in [0.05, 0.1) is 29.7 Å². The number of fused-ring (bicyclic) bond motifs is 1. The van der Waals surface area contributed by atoms with Crippen LogP contribution in [0.15, 0.2) is 42.7 Å². The Morgan fingerprint density at radius 2 is 2.11 bits per heavy atom. The molecule has 90 valence electrons. The molecule has 1 aliphatic rings. The van der Waals surface area contributed by atoms with Crippen molar-refractivity contribution in [2.75, 3.05) is 5.32 Å². The van der Waals surface area contributed by atoms with Crippen molar-refractivity contribution in [3.63, 3.8) is 0 Å². The molecule has 19 heavy (non-hydrogen) atoms. The standard InChI is InChI=1S/C15H10N4/c16-7-10-3-4-14-12(6-10)13(8-17)15(19-14)11-2-1-5-18-9-11/h1-6,9,13,15,19H. The summed E-state index contributed by atoms with van der Waals surface area (Å²) in [5.41, 5.74) is 3.35. The second-order valence-corrected chi connectivity index (χ2v) is 4.43. The molecule has 0 spiro atoms. The first-order valence-electron chi connectivity index (χ1n) is 5.93. The third kappa shape index (κ3) is 1.80. The summed E-state index contributed by atoms with van der Waals surface area (Å²) in [6.45, 7) is 0. The second-order valence-electron chi connectivity index (χ2n) is 4.43. The van der Waals surface area contributed by atoms with Crippen molar-refractivity contribution in [1.29, 1.82) is 10.5 Å². The molecule has 1 aromatic carbocycles. The predicted octanol–water partition coefficient (Wildman–Crippen LogP) is 2.73. The Labute approximate surface area is 110 Å². The van der Waals surface area contributed by atoms with Crippen LogP contribution in [0, 0.1) is 22.7 Å². The Kier molecular flexibility index (Phi) is 2.63. The molecule has 0 aliphatic carbocycles. The van der Waals surface area contributed by atoms with E-state index in [0.717, 1.165) is 16.8 Å². The van der Waals surface area contributed by atoms with Gasteiger partial charge < -0.3 is 5.32 Å². The molecule has 0 saturated carbocycles. The summed E-state index contributed by atoms with van der Waals surface area (Å²) in [5.74, 6) is -0.299. The maximum Gasteiger partial charge on any atom is 0.0991 e. The normalized spacial score (nSPS) is 19.9. The molecule has 0 bridgehead atoms. The van der Waals surface area contributed by atoms with Gasteiger partial charge >= 0.3 is 0 Å². The number of hydrogen-bond donors (Lipinski definition) is 1. The highest BCUT2D eigenvalue weighted by Crippen LogP contribution is 2.43. The first-order chi connectivity index (χ1) is 9.33. The molecule has 0 fully saturated rings. The summed E-state index contributed by atoms with van der Waals surface area (Å²) < 4.78 is 0. The van der Waals surface area contributed by atoms with Crippen LogP contribution >= 0.6 is 0 Å². The first-order valence-corrected chi connectivity index (χ1v) is 5.93. The maximum absolute atomic E-state index is 9.41. The van der Waals surface area contributed by atoms with E-state index in [1.54, 1.807) is 24.5 Å². The minimum atomic E-state index is -0.299. The number of nitrogens with zero attached hydrogens (tertiary/aromatic N) is 3. The summed E-state index contributed by atoms with van der Waals surface area (Å²) in [6.07, 6.45) is 3.47. The van der Waals surface area contributed by atoms with Crippen LogP contribution in [0.25, 0.3) is 0 Å². The van der Waals surface area contributed by atoms with E-state index in [1.165, 1.54) is 0 Å². The number of nitrogens with one attached hydrogen (secondary N) is 1. The van der Waals surface area contributed by atoms with Gasteiger partial charge in [0.25, 0.3) is 0 Å². The van der Waals surface area contributed by atoms with Gasteiger partial charge in [-0.3, -0.25) is 4.98 Å². The van der Waals surface area contributed by atoms with Crippen LogP contribution in [-0.4, -0.2) is 4.98 Å². The van der Waals surface area contributed by atoms with Gasteiger partial charge in [0, 0.05) is 18.1 Å². The van der Waals surface area contributed by atoms with Crippen molar-refractivity contribution in [2.24, 2.45) is 0 Å². The summed E-state index contributed by atoms with van der Waals surface area (Å²) in [4.78, 5) is 4.09. The van der Waals surface area contributed by atoms with E-state index in [1.807, 2.05) is 18.2 Å². The Balaban J connectivity index is 2.06. The number of hydrogen-bond acceptors (Lipinski definition) is 4. The topological polar surface area (TPSA) is 72.5 Å². The van der Waals surface area contributed by atoms with E-state index >= 15 is 0 Å². The quantitative estimate of drug-likeness (QED) is 0.839. The highest BCUT2D eigenvalue weighted by atomic mass is 15.0. The number of nitriles is 2. The molecule has 4 nitrogen and oxygen atoms in total. The largest absolute Gasteiger partial charge is 0.376 e. The molecule has 3 rings (SSSR count). The van der Waals surface area contributed by atoms with Gasteiger partial charge in [-0.05, 0) is 35.4 Å². The van der Waals surface area contributed by atoms with Gasteiger partial charge in [0.15, 0.2) is 0 Å². The van der Waals surface area contributed by atoms with Crippen molar-refractivity contribution in [1.82, 2.24) is 4.98 Å². The molecule has 2 atom stereocenters. The Bertz CT molecular complexity index is 694. The molecule has 2 heterocycles. The Morgan fingerprint density at radius 1 is 1.21 bits per heavy atom. The predicted molar refractivity (Wildman–Crippen MR) is 70.1 cm³/mol. The van der Waals surface area contributed by atoms with Gasteiger partial charge in [0.1, 0.15) is 0 Å². The van der Waals surface area contributed by atoms with Gasteiger partial charge in [-0.2, -0.15) is 10.5 Å². The number of rotatable bonds is 1. The summed E-state index contributed by atoms with van der Waals surface area (Å²) in [5, 5.41) is 21.7. The molecular weight excluding hydrogens is 236 g/mol. The van der Waals surface area contributed by atoms with E-state index in [4.69, 9.17) is 5.26 Å². The summed E-state index contributed by atoms with van der Waals surface area (Å²) in [6, 6.07) is 13.5. The minimum Gasteiger partial charge on any atom is -0.376 e. The van der Waals surface area contributed by atoms with Crippen molar-refractivity contribution < 1.29 is 0 Å². The lowest BCUT2D eigenvalue weighted by Crippen LogP contribution is -2.10. The van der Waals surface area contributed by atoms with Crippen molar-refractivity contribution in [3.8, 4) is 12.1 Å². The smallest absolute Gasteiger partial charge is 0.0991 e. The zero-order chi connectivity index (χ0) is 13.2. The maximum atomic E-state index is 9.41. The summed E-state index contributed by atoms with van der Waals surface area (Å²) >= 11 is 0. The SMILES string of the molecule is N#Cc1ccc2c(c1)C(C#N)C(c1cccnc1)N2. The van der Waals surface area contributed by atoms with Crippen LogP contribution in [0.1, 0.15) is 28.7 Å².